The first kappa shape index (κ1) is 10.5. The molecule has 0 aliphatic carbocycles. The molecule has 1 aliphatic heterocycles. The Morgan fingerprint density at radius 1 is 1.69 bits per heavy atom. The molecule has 2 unspecified atom stereocenters. The zero-order valence-corrected chi connectivity index (χ0v) is 8.38. The normalized spacial score (nSPS) is 32.8. The first-order chi connectivity index (χ1) is 5.92. The molecule has 1 heterocycles. The molecule has 1 saturated heterocycles. The Morgan fingerprint density at radius 3 is 2.77 bits per heavy atom. The third kappa shape index (κ3) is 2.67. The maximum absolute atomic E-state index is 9.82. The lowest BCUT2D eigenvalue weighted by molar-refractivity contribution is -0.0199. The average Bonchev–Trinajstić information content (AvgIpc) is 2.01. The third-order valence-corrected chi connectivity index (χ3v) is 2.70. The van der Waals surface area contributed by atoms with Crippen molar-refractivity contribution in [2.45, 2.75) is 38.3 Å². The molecule has 1 rings (SSSR count). The van der Waals surface area contributed by atoms with Gasteiger partial charge in [-0.15, -0.1) is 0 Å². The highest BCUT2D eigenvalue weighted by Crippen LogP contribution is 2.21. The van der Waals surface area contributed by atoms with Crippen LogP contribution in [0, 0.1) is 5.41 Å². The first-order valence-electron chi connectivity index (χ1n) is 4.73. The topological polar surface area (TPSA) is 73.3 Å². The first-order valence-corrected chi connectivity index (χ1v) is 4.73. The number of hydrogen-bond acceptors (Lipinski definition) is 3. The summed E-state index contributed by atoms with van der Waals surface area (Å²) in [4.78, 5) is 2.06. The number of β-amino-alcohol motifs (C(OH)–C–C–N with tert-alkyl or cyclic N) is 1. The second-order valence-electron chi connectivity index (χ2n) is 4.20. The molecule has 0 aromatic rings. The van der Waals surface area contributed by atoms with Crippen LogP contribution in [-0.2, 0) is 0 Å². The van der Waals surface area contributed by atoms with Gasteiger partial charge in [0.15, 0.2) is 0 Å². The number of nitrogens with zero attached hydrogens (tertiary/aromatic N) is 1. The molecule has 0 aromatic heterocycles. The van der Waals surface area contributed by atoms with Crippen molar-refractivity contribution < 1.29 is 5.11 Å². The molecule has 76 valence electrons. The standard InChI is InChI=1S/C9H19N3O/c1-7(8(10)11)12-5-3-4-9(2,13)6-12/h7,13H,3-6H2,1-2H3,(H3,10,11). The number of hydrogen-bond donors (Lipinski definition) is 3. The summed E-state index contributed by atoms with van der Waals surface area (Å²) in [5.74, 6) is 0.178. The molecule has 4 nitrogen and oxygen atoms in total. The minimum absolute atomic E-state index is 0.0493. The highest BCUT2D eigenvalue weighted by molar-refractivity contribution is 5.82. The summed E-state index contributed by atoms with van der Waals surface area (Å²) < 4.78 is 0. The highest BCUT2D eigenvalue weighted by atomic mass is 16.3. The van der Waals surface area contributed by atoms with E-state index in [2.05, 4.69) is 4.90 Å². The highest BCUT2D eigenvalue weighted by Gasteiger charge is 2.31. The molecule has 0 bridgehead atoms. The van der Waals surface area contributed by atoms with E-state index in [1.165, 1.54) is 0 Å². The minimum Gasteiger partial charge on any atom is -0.389 e. The zero-order valence-electron chi connectivity index (χ0n) is 8.38. The van der Waals surface area contributed by atoms with Gasteiger partial charge in [0.1, 0.15) is 5.84 Å². The number of piperidine rings is 1. The maximum Gasteiger partial charge on any atom is 0.108 e. The fourth-order valence-corrected chi connectivity index (χ4v) is 1.79. The Bertz CT molecular complexity index is 203. The average molecular weight is 185 g/mol. The van der Waals surface area contributed by atoms with E-state index >= 15 is 0 Å². The van der Waals surface area contributed by atoms with Crippen LogP contribution in [0.4, 0.5) is 0 Å². The van der Waals surface area contributed by atoms with Gasteiger partial charge in [0, 0.05) is 6.54 Å². The number of nitrogens with one attached hydrogen (secondary N) is 1. The number of amidine groups is 1. The molecular formula is C9H19N3O. The summed E-state index contributed by atoms with van der Waals surface area (Å²) in [5.41, 5.74) is 4.81. The molecule has 4 heteroatoms. The summed E-state index contributed by atoms with van der Waals surface area (Å²) in [6.45, 7) is 5.29. The van der Waals surface area contributed by atoms with Crippen molar-refractivity contribution in [3.63, 3.8) is 0 Å². The second-order valence-corrected chi connectivity index (χ2v) is 4.20. The quantitative estimate of drug-likeness (QED) is 0.424. The Balaban J connectivity index is 2.56. The Labute approximate surface area is 79.2 Å². The van der Waals surface area contributed by atoms with Gasteiger partial charge in [-0.1, -0.05) is 0 Å². The lowest BCUT2D eigenvalue weighted by Crippen LogP contribution is -2.52. The SMILES string of the molecule is CC(C(=N)N)N1CCCC(C)(O)C1. The van der Waals surface area contributed by atoms with Crippen LogP contribution in [0.25, 0.3) is 0 Å². The van der Waals surface area contributed by atoms with Crippen LogP contribution in [0.2, 0.25) is 0 Å². The van der Waals surface area contributed by atoms with Crippen molar-refractivity contribution in [2.75, 3.05) is 13.1 Å². The predicted octanol–water partition coefficient (Wildman–Crippen LogP) is 0.158. The van der Waals surface area contributed by atoms with Gasteiger partial charge in [0.25, 0.3) is 0 Å². The summed E-state index contributed by atoms with van der Waals surface area (Å²) in [6.07, 6.45) is 1.82. The van der Waals surface area contributed by atoms with Crippen LogP contribution >= 0.6 is 0 Å². The summed E-state index contributed by atoms with van der Waals surface area (Å²) in [7, 11) is 0. The fraction of sp³-hybridized carbons (Fsp3) is 0.889. The van der Waals surface area contributed by atoms with Crippen molar-refractivity contribution in [1.29, 1.82) is 5.41 Å². The van der Waals surface area contributed by atoms with Gasteiger partial charge < -0.3 is 10.8 Å². The lowest BCUT2D eigenvalue weighted by atomic mass is 9.94. The molecule has 2 atom stereocenters. The third-order valence-electron chi connectivity index (χ3n) is 2.70. The van der Waals surface area contributed by atoms with Gasteiger partial charge in [-0.3, -0.25) is 10.3 Å². The molecular weight excluding hydrogens is 166 g/mol. The van der Waals surface area contributed by atoms with E-state index in [1.54, 1.807) is 0 Å². The van der Waals surface area contributed by atoms with Crippen LogP contribution in [0.5, 0.6) is 0 Å². The van der Waals surface area contributed by atoms with Crippen LogP contribution in [-0.4, -0.2) is 40.6 Å². The maximum atomic E-state index is 9.82. The summed E-state index contributed by atoms with van der Waals surface area (Å²) >= 11 is 0. The lowest BCUT2D eigenvalue weighted by Gasteiger charge is -2.39. The molecule has 0 spiro atoms. The van der Waals surface area contributed by atoms with E-state index in [4.69, 9.17) is 11.1 Å². The van der Waals surface area contributed by atoms with Crippen molar-refractivity contribution >= 4 is 5.84 Å². The van der Waals surface area contributed by atoms with Gasteiger partial charge in [0.05, 0.1) is 11.6 Å². The Hall–Kier alpha value is -0.610. The van der Waals surface area contributed by atoms with Crippen LogP contribution in [0.3, 0.4) is 0 Å². The largest absolute Gasteiger partial charge is 0.389 e. The Morgan fingerprint density at radius 2 is 2.31 bits per heavy atom. The number of rotatable bonds is 2. The molecule has 1 fully saturated rings. The minimum atomic E-state index is -0.609. The monoisotopic (exact) mass is 185 g/mol. The second kappa shape index (κ2) is 3.64. The van der Waals surface area contributed by atoms with E-state index < -0.39 is 5.60 Å². The van der Waals surface area contributed by atoms with E-state index in [0.29, 0.717) is 6.54 Å². The zero-order chi connectivity index (χ0) is 10.1. The van der Waals surface area contributed by atoms with E-state index in [0.717, 1.165) is 19.4 Å². The Kier molecular flexibility index (Phi) is 2.93. The van der Waals surface area contributed by atoms with Gasteiger partial charge in [-0.25, -0.2) is 0 Å². The fourth-order valence-electron chi connectivity index (χ4n) is 1.79. The van der Waals surface area contributed by atoms with E-state index in [9.17, 15) is 5.11 Å². The predicted molar refractivity (Wildman–Crippen MR) is 52.8 cm³/mol. The number of aliphatic hydroxyl groups is 1. The molecule has 0 amide bonds. The van der Waals surface area contributed by atoms with Gasteiger partial charge in [-0.05, 0) is 33.2 Å². The summed E-state index contributed by atoms with van der Waals surface area (Å²) in [5, 5.41) is 17.1. The van der Waals surface area contributed by atoms with Crippen molar-refractivity contribution in [3.05, 3.63) is 0 Å². The molecule has 13 heavy (non-hydrogen) atoms. The van der Waals surface area contributed by atoms with Crippen LogP contribution in [0.1, 0.15) is 26.7 Å². The smallest absolute Gasteiger partial charge is 0.108 e. The van der Waals surface area contributed by atoms with E-state index in [-0.39, 0.29) is 11.9 Å². The molecule has 0 radical (unpaired) electrons. The summed E-state index contributed by atoms with van der Waals surface area (Å²) in [6, 6.07) is -0.0493. The van der Waals surface area contributed by atoms with Crippen LogP contribution in [0.15, 0.2) is 0 Å². The van der Waals surface area contributed by atoms with Gasteiger partial charge >= 0.3 is 0 Å². The van der Waals surface area contributed by atoms with Gasteiger partial charge in [0.2, 0.25) is 0 Å². The van der Waals surface area contributed by atoms with Crippen LogP contribution < -0.4 is 5.73 Å². The molecule has 1 aliphatic rings. The molecule has 4 N–H and O–H groups in total. The van der Waals surface area contributed by atoms with Crippen molar-refractivity contribution in [1.82, 2.24) is 4.90 Å². The van der Waals surface area contributed by atoms with Crippen molar-refractivity contribution in [3.8, 4) is 0 Å². The number of likely N-dealkylation sites (tertiary alicyclic amines) is 1. The number of nitrogens with two attached hydrogens (primary N) is 1. The van der Waals surface area contributed by atoms with E-state index in [1.807, 2.05) is 13.8 Å². The molecule has 0 aromatic carbocycles. The molecule has 0 saturated carbocycles. The van der Waals surface area contributed by atoms with Gasteiger partial charge in [-0.2, -0.15) is 0 Å². The van der Waals surface area contributed by atoms with Crippen molar-refractivity contribution in [2.24, 2.45) is 5.73 Å².